The lowest BCUT2D eigenvalue weighted by Crippen LogP contribution is -2.35. The Balaban J connectivity index is 1.41. The minimum atomic E-state index is -0.219. The smallest absolute Gasteiger partial charge is 0.319 e. The number of ether oxygens (including phenoxy) is 1. The number of amides is 2. The monoisotopic (exact) mass is 344 g/mol. The molecule has 1 saturated heterocycles. The molecule has 2 amide bonds. The highest BCUT2D eigenvalue weighted by atomic mass is 16.5. The first-order valence-electron chi connectivity index (χ1n) is 8.47. The van der Waals surface area contributed by atoms with Crippen LogP contribution in [0.25, 0.3) is 0 Å². The lowest BCUT2D eigenvalue weighted by atomic mass is 10.2. The van der Waals surface area contributed by atoms with E-state index in [-0.39, 0.29) is 6.03 Å². The Labute approximate surface area is 147 Å². The van der Waals surface area contributed by atoms with Crippen LogP contribution in [0.15, 0.2) is 30.6 Å². The van der Waals surface area contributed by atoms with Gasteiger partial charge in [-0.1, -0.05) is 12.1 Å². The number of nitrogens with zero attached hydrogens (tertiary/aromatic N) is 4. The lowest BCUT2D eigenvalue weighted by molar-refractivity contribution is 0.0342. The van der Waals surface area contributed by atoms with Crippen molar-refractivity contribution in [2.24, 2.45) is 7.05 Å². The number of urea groups is 1. The Bertz CT molecular complexity index is 679. The summed E-state index contributed by atoms with van der Waals surface area (Å²) in [5.74, 6) is 0.841. The fraction of sp³-hybridized carbons (Fsp3) is 0.471. The molecular formula is C17H24N6O2. The standard InChI is InChI=1S/C17H24N6O2/c1-22-16(19-13-20-22)6-7-18-17(24)21-15-4-2-14(3-5-15)12-23-8-10-25-11-9-23/h2-5,13H,6-12H2,1H3,(H2,18,21,24). The van der Waals surface area contributed by atoms with Crippen molar-refractivity contribution in [1.29, 1.82) is 0 Å². The quantitative estimate of drug-likeness (QED) is 0.817. The normalized spacial score (nSPS) is 15.1. The third kappa shape index (κ3) is 5.27. The molecule has 3 rings (SSSR count). The Morgan fingerprint density at radius 1 is 1.24 bits per heavy atom. The molecule has 2 N–H and O–H groups in total. The highest BCUT2D eigenvalue weighted by Gasteiger charge is 2.10. The van der Waals surface area contributed by atoms with Crippen molar-refractivity contribution in [3.8, 4) is 0 Å². The second-order valence-corrected chi connectivity index (χ2v) is 6.02. The molecule has 1 aromatic carbocycles. The first kappa shape index (κ1) is 17.4. The van der Waals surface area contributed by atoms with E-state index >= 15 is 0 Å². The summed E-state index contributed by atoms with van der Waals surface area (Å²) in [6.45, 7) is 4.95. The minimum Gasteiger partial charge on any atom is -0.379 e. The third-order valence-electron chi connectivity index (χ3n) is 4.16. The van der Waals surface area contributed by atoms with Crippen molar-refractivity contribution >= 4 is 11.7 Å². The van der Waals surface area contributed by atoms with Gasteiger partial charge in [0, 0.05) is 45.3 Å². The van der Waals surface area contributed by atoms with Gasteiger partial charge in [0.05, 0.1) is 13.2 Å². The molecule has 0 bridgehead atoms. The van der Waals surface area contributed by atoms with Crippen LogP contribution >= 0.6 is 0 Å². The summed E-state index contributed by atoms with van der Waals surface area (Å²) in [7, 11) is 1.83. The van der Waals surface area contributed by atoms with Crippen LogP contribution in [0, 0.1) is 0 Å². The van der Waals surface area contributed by atoms with Crippen LogP contribution in [0.5, 0.6) is 0 Å². The van der Waals surface area contributed by atoms with E-state index in [1.54, 1.807) is 4.68 Å². The maximum absolute atomic E-state index is 11.9. The van der Waals surface area contributed by atoms with Gasteiger partial charge in [0.25, 0.3) is 0 Å². The van der Waals surface area contributed by atoms with Crippen LogP contribution in [0.3, 0.4) is 0 Å². The number of hydrogen-bond acceptors (Lipinski definition) is 5. The minimum absolute atomic E-state index is 0.219. The number of carbonyl (C=O) groups excluding carboxylic acids is 1. The molecule has 1 aromatic heterocycles. The van der Waals surface area contributed by atoms with Crippen molar-refractivity contribution in [2.45, 2.75) is 13.0 Å². The number of nitrogens with one attached hydrogen (secondary N) is 2. The first-order chi connectivity index (χ1) is 12.2. The largest absolute Gasteiger partial charge is 0.379 e. The van der Waals surface area contributed by atoms with Gasteiger partial charge in [-0.05, 0) is 17.7 Å². The summed E-state index contributed by atoms with van der Waals surface area (Å²) in [5, 5.41) is 9.66. The van der Waals surface area contributed by atoms with Gasteiger partial charge in [0.2, 0.25) is 0 Å². The predicted octanol–water partition coefficient (Wildman–Crippen LogP) is 1.01. The van der Waals surface area contributed by atoms with E-state index in [2.05, 4.69) is 25.6 Å². The number of carbonyl (C=O) groups is 1. The average molecular weight is 344 g/mol. The second-order valence-electron chi connectivity index (χ2n) is 6.02. The molecule has 1 aliphatic heterocycles. The maximum atomic E-state index is 11.9. The molecule has 1 fully saturated rings. The van der Waals surface area contributed by atoms with Gasteiger partial charge in [0.1, 0.15) is 12.2 Å². The molecule has 1 aliphatic rings. The number of morpholine rings is 1. The second kappa shape index (κ2) is 8.59. The van der Waals surface area contributed by atoms with Gasteiger partial charge in [-0.2, -0.15) is 5.10 Å². The molecule has 0 unspecified atom stereocenters. The Kier molecular flexibility index (Phi) is 5.97. The summed E-state index contributed by atoms with van der Waals surface area (Å²) in [6, 6.07) is 7.73. The van der Waals surface area contributed by atoms with Crippen LogP contribution in [0.1, 0.15) is 11.4 Å². The SMILES string of the molecule is Cn1ncnc1CCNC(=O)Nc1ccc(CN2CCOCC2)cc1. The summed E-state index contributed by atoms with van der Waals surface area (Å²) < 4.78 is 7.06. The van der Waals surface area contributed by atoms with Crippen LogP contribution in [0.2, 0.25) is 0 Å². The molecule has 0 saturated carbocycles. The van der Waals surface area contributed by atoms with Crippen molar-refractivity contribution in [3.05, 3.63) is 42.0 Å². The molecule has 8 nitrogen and oxygen atoms in total. The average Bonchev–Trinajstić information content (AvgIpc) is 3.03. The van der Waals surface area contributed by atoms with Crippen molar-refractivity contribution in [1.82, 2.24) is 25.0 Å². The zero-order valence-corrected chi connectivity index (χ0v) is 14.4. The summed E-state index contributed by atoms with van der Waals surface area (Å²) in [6.07, 6.45) is 2.15. The van der Waals surface area contributed by atoms with E-state index in [9.17, 15) is 4.79 Å². The number of anilines is 1. The zero-order chi connectivity index (χ0) is 17.5. The lowest BCUT2D eigenvalue weighted by Gasteiger charge is -2.26. The Hall–Kier alpha value is -2.45. The number of benzene rings is 1. The Morgan fingerprint density at radius 3 is 2.68 bits per heavy atom. The molecule has 0 atom stereocenters. The fourth-order valence-corrected chi connectivity index (χ4v) is 2.72. The summed E-state index contributed by atoms with van der Waals surface area (Å²) in [4.78, 5) is 18.4. The number of rotatable bonds is 6. The molecule has 8 heteroatoms. The molecule has 2 aromatic rings. The van der Waals surface area contributed by atoms with Gasteiger partial charge < -0.3 is 15.4 Å². The number of hydrogen-bond donors (Lipinski definition) is 2. The van der Waals surface area contributed by atoms with Gasteiger partial charge >= 0.3 is 6.03 Å². The van der Waals surface area contributed by atoms with Crippen molar-refractivity contribution in [3.63, 3.8) is 0 Å². The van der Waals surface area contributed by atoms with E-state index in [0.717, 1.165) is 44.4 Å². The molecule has 0 aliphatic carbocycles. The van der Waals surface area contributed by atoms with Crippen LogP contribution in [-0.4, -0.2) is 58.5 Å². The van der Waals surface area contributed by atoms with Crippen LogP contribution in [-0.2, 0) is 24.8 Å². The molecule has 25 heavy (non-hydrogen) atoms. The van der Waals surface area contributed by atoms with Crippen molar-refractivity contribution < 1.29 is 9.53 Å². The van der Waals surface area contributed by atoms with Gasteiger partial charge in [0.15, 0.2) is 0 Å². The third-order valence-corrected chi connectivity index (χ3v) is 4.16. The van der Waals surface area contributed by atoms with Gasteiger partial charge in [-0.3, -0.25) is 9.58 Å². The predicted molar refractivity (Wildman–Crippen MR) is 94.3 cm³/mol. The van der Waals surface area contributed by atoms with E-state index in [0.29, 0.717) is 13.0 Å². The summed E-state index contributed by atoms with van der Waals surface area (Å²) >= 11 is 0. The van der Waals surface area contributed by atoms with Crippen LogP contribution in [0.4, 0.5) is 10.5 Å². The molecule has 0 radical (unpaired) electrons. The Morgan fingerprint density at radius 2 is 2.00 bits per heavy atom. The zero-order valence-electron chi connectivity index (χ0n) is 14.4. The van der Waals surface area contributed by atoms with Gasteiger partial charge in [-0.15, -0.1) is 0 Å². The molecule has 0 spiro atoms. The number of aryl methyl sites for hydroxylation is 1. The van der Waals surface area contributed by atoms with Crippen molar-refractivity contribution in [2.75, 3.05) is 38.2 Å². The first-order valence-corrected chi connectivity index (χ1v) is 8.47. The van der Waals surface area contributed by atoms with Crippen LogP contribution < -0.4 is 10.6 Å². The highest BCUT2D eigenvalue weighted by molar-refractivity contribution is 5.89. The topological polar surface area (TPSA) is 84.3 Å². The van der Waals surface area contributed by atoms with E-state index in [4.69, 9.17) is 4.74 Å². The van der Waals surface area contributed by atoms with E-state index < -0.39 is 0 Å². The van der Waals surface area contributed by atoms with Gasteiger partial charge in [-0.25, -0.2) is 9.78 Å². The maximum Gasteiger partial charge on any atom is 0.319 e. The fourth-order valence-electron chi connectivity index (χ4n) is 2.72. The summed E-state index contributed by atoms with van der Waals surface area (Å²) in [5.41, 5.74) is 2.01. The highest BCUT2D eigenvalue weighted by Crippen LogP contribution is 2.12. The van der Waals surface area contributed by atoms with E-state index in [1.807, 2.05) is 31.3 Å². The molecular weight excluding hydrogens is 320 g/mol. The molecule has 2 heterocycles. The molecule has 134 valence electrons. The van der Waals surface area contributed by atoms with E-state index in [1.165, 1.54) is 11.9 Å². The number of aromatic nitrogens is 3.